The van der Waals surface area contributed by atoms with Crippen LogP contribution in [0.4, 0.5) is 4.39 Å². The van der Waals surface area contributed by atoms with Gasteiger partial charge >= 0.3 is 0 Å². The topological polar surface area (TPSA) is 50.4 Å². The molecule has 2 aliphatic rings. The Morgan fingerprint density at radius 2 is 2.13 bits per heavy atom. The highest BCUT2D eigenvalue weighted by Gasteiger charge is 2.29. The Morgan fingerprint density at radius 1 is 1.30 bits per heavy atom. The zero-order chi connectivity index (χ0) is 16.1. The first-order valence-electron chi connectivity index (χ1n) is 8.60. The number of piperidine rings is 1. The van der Waals surface area contributed by atoms with Crippen LogP contribution in [0.5, 0.6) is 5.75 Å². The van der Waals surface area contributed by atoms with Crippen molar-refractivity contribution >= 4 is 5.91 Å². The fourth-order valence-electron chi connectivity index (χ4n) is 3.52. The summed E-state index contributed by atoms with van der Waals surface area (Å²) in [6.07, 6.45) is 5.48. The molecule has 0 bridgehead atoms. The van der Waals surface area contributed by atoms with E-state index < -0.39 is 0 Å². The highest BCUT2D eigenvalue weighted by molar-refractivity contribution is 5.79. The largest absolute Gasteiger partial charge is 0.493 e. The van der Waals surface area contributed by atoms with Crippen molar-refractivity contribution in [1.29, 1.82) is 0 Å². The second-order valence-corrected chi connectivity index (χ2v) is 6.72. The van der Waals surface area contributed by atoms with Crippen LogP contribution in [0.15, 0.2) is 24.3 Å². The molecule has 1 heterocycles. The van der Waals surface area contributed by atoms with E-state index >= 15 is 0 Å². The van der Waals surface area contributed by atoms with E-state index in [1.54, 1.807) is 12.1 Å². The molecule has 1 saturated carbocycles. The highest BCUT2D eigenvalue weighted by Crippen LogP contribution is 2.22. The summed E-state index contributed by atoms with van der Waals surface area (Å²) in [6.45, 7) is 2.07. The summed E-state index contributed by atoms with van der Waals surface area (Å²) in [5.41, 5.74) is 0. The van der Waals surface area contributed by atoms with Crippen LogP contribution in [0.25, 0.3) is 0 Å². The maximum atomic E-state index is 13.1. The highest BCUT2D eigenvalue weighted by atomic mass is 19.1. The van der Waals surface area contributed by atoms with Gasteiger partial charge in [0, 0.05) is 31.1 Å². The van der Waals surface area contributed by atoms with Gasteiger partial charge in [-0.3, -0.25) is 4.79 Å². The molecule has 3 rings (SSSR count). The maximum Gasteiger partial charge on any atom is 0.224 e. The molecule has 1 aliphatic heterocycles. The zero-order valence-electron chi connectivity index (χ0n) is 13.4. The third-order valence-corrected chi connectivity index (χ3v) is 4.80. The molecule has 5 heteroatoms. The molecule has 1 aromatic carbocycles. The monoisotopic (exact) mass is 320 g/mol. The molecule has 2 fully saturated rings. The molecule has 1 saturated heterocycles. The van der Waals surface area contributed by atoms with Crippen LogP contribution < -0.4 is 15.4 Å². The molecular formula is C18H25FN2O2. The van der Waals surface area contributed by atoms with E-state index in [1.165, 1.54) is 25.0 Å². The second kappa shape index (κ2) is 7.77. The number of halogens is 1. The Kier molecular flexibility index (Phi) is 5.49. The lowest BCUT2D eigenvalue weighted by Gasteiger charge is -2.30. The average molecular weight is 320 g/mol. The van der Waals surface area contributed by atoms with Crippen molar-refractivity contribution in [3.63, 3.8) is 0 Å². The van der Waals surface area contributed by atoms with Crippen molar-refractivity contribution in [3.8, 4) is 5.75 Å². The van der Waals surface area contributed by atoms with Crippen molar-refractivity contribution in [2.24, 2.45) is 11.8 Å². The third-order valence-electron chi connectivity index (χ3n) is 4.80. The van der Waals surface area contributed by atoms with Gasteiger partial charge in [-0.05, 0) is 31.4 Å². The van der Waals surface area contributed by atoms with E-state index in [1.807, 2.05) is 0 Å². The number of nitrogens with one attached hydrogen (secondary N) is 2. The lowest BCUT2D eigenvalue weighted by molar-refractivity contribution is -0.126. The Bertz CT molecular complexity index is 532. The molecule has 0 aromatic heterocycles. The molecule has 1 aromatic rings. The number of benzene rings is 1. The number of hydrogen-bond acceptors (Lipinski definition) is 3. The van der Waals surface area contributed by atoms with Crippen molar-refractivity contribution < 1.29 is 13.9 Å². The smallest absolute Gasteiger partial charge is 0.224 e. The van der Waals surface area contributed by atoms with Crippen LogP contribution in [-0.2, 0) is 4.79 Å². The first kappa shape index (κ1) is 16.2. The van der Waals surface area contributed by atoms with E-state index in [0.717, 1.165) is 32.4 Å². The van der Waals surface area contributed by atoms with E-state index in [4.69, 9.17) is 4.74 Å². The van der Waals surface area contributed by atoms with Crippen molar-refractivity contribution in [2.75, 3.05) is 19.7 Å². The number of carbonyl (C=O) groups excluding carboxylic acids is 1. The van der Waals surface area contributed by atoms with E-state index in [0.29, 0.717) is 18.4 Å². The molecular weight excluding hydrogens is 295 g/mol. The SMILES string of the molecule is O=C(NC1CCCC1)[C@H]1CNC[C@@H](COc2cccc(F)c2)C1. The van der Waals surface area contributed by atoms with Gasteiger partial charge in [-0.15, -0.1) is 0 Å². The minimum absolute atomic E-state index is 0.00506. The molecule has 2 atom stereocenters. The lowest BCUT2D eigenvalue weighted by atomic mass is 9.90. The normalized spacial score (nSPS) is 25.3. The molecule has 23 heavy (non-hydrogen) atoms. The standard InChI is InChI=1S/C18H25FN2O2/c19-15-4-3-7-17(9-15)23-12-13-8-14(11-20-10-13)18(22)21-16-5-1-2-6-16/h3-4,7,9,13-14,16,20H,1-2,5-6,8,10-12H2,(H,21,22)/t13-,14+/m0/s1. The first-order chi connectivity index (χ1) is 11.2. The maximum absolute atomic E-state index is 13.1. The summed E-state index contributed by atoms with van der Waals surface area (Å²) in [4.78, 5) is 12.4. The quantitative estimate of drug-likeness (QED) is 0.876. The number of rotatable bonds is 5. The third kappa shape index (κ3) is 4.67. The predicted octanol–water partition coefficient (Wildman–Crippen LogP) is 2.49. The summed E-state index contributed by atoms with van der Waals surface area (Å²) in [5.74, 6) is 0.692. The molecule has 1 aliphatic carbocycles. The van der Waals surface area contributed by atoms with Crippen LogP contribution in [-0.4, -0.2) is 31.6 Å². The number of ether oxygens (including phenoxy) is 1. The fraction of sp³-hybridized carbons (Fsp3) is 0.611. The van der Waals surface area contributed by atoms with Gasteiger partial charge in [0.25, 0.3) is 0 Å². The molecule has 0 unspecified atom stereocenters. The fourth-order valence-corrected chi connectivity index (χ4v) is 3.52. The average Bonchev–Trinajstić information content (AvgIpc) is 3.06. The van der Waals surface area contributed by atoms with Crippen LogP contribution >= 0.6 is 0 Å². The molecule has 0 radical (unpaired) electrons. The minimum Gasteiger partial charge on any atom is -0.493 e. The molecule has 4 nitrogen and oxygen atoms in total. The predicted molar refractivity (Wildman–Crippen MR) is 86.8 cm³/mol. The van der Waals surface area contributed by atoms with E-state index in [2.05, 4.69) is 10.6 Å². The van der Waals surface area contributed by atoms with Crippen LogP contribution in [0.1, 0.15) is 32.1 Å². The number of hydrogen-bond donors (Lipinski definition) is 2. The van der Waals surface area contributed by atoms with Gasteiger partial charge in [-0.25, -0.2) is 4.39 Å². The van der Waals surface area contributed by atoms with E-state index in [-0.39, 0.29) is 23.6 Å². The zero-order valence-corrected chi connectivity index (χ0v) is 13.4. The van der Waals surface area contributed by atoms with Gasteiger partial charge < -0.3 is 15.4 Å². The summed E-state index contributed by atoms with van der Waals surface area (Å²) < 4.78 is 18.8. The Hall–Kier alpha value is -1.62. The van der Waals surface area contributed by atoms with Gasteiger partial charge in [0.1, 0.15) is 11.6 Å². The van der Waals surface area contributed by atoms with Crippen LogP contribution in [0, 0.1) is 17.7 Å². The molecule has 126 valence electrons. The first-order valence-corrected chi connectivity index (χ1v) is 8.60. The minimum atomic E-state index is -0.293. The molecule has 2 N–H and O–H groups in total. The summed E-state index contributed by atoms with van der Waals surface area (Å²) >= 11 is 0. The van der Waals surface area contributed by atoms with Gasteiger partial charge in [0.2, 0.25) is 5.91 Å². The van der Waals surface area contributed by atoms with Crippen molar-refractivity contribution in [3.05, 3.63) is 30.1 Å². The summed E-state index contributed by atoms with van der Waals surface area (Å²) in [6, 6.07) is 6.55. The van der Waals surface area contributed by atoms with Crippen molar-refractivity contribution in [2.45, 2.75) is 38.1 Å². The Labute approximate surface area is 136 Å². The Morgan fingerprint density at radius 3 is 2.91 bits per heavy atom. The number of carbonyl (C=O) groups is 1. The van der Waals surface area contributed by atoms with Gasteiger partial charge in [-0.1, -0.05) is 18.9 Å². The van der Waals surface area contributed by atoms with Gasteiger partial charge in [0.05, 0.1) is 12.5 Å². The van der Waals surface area contributed by atoms with Gasteiger partial charge in [-0.2, -0.15) is 0 Å². The summed E-state index contributed by atoms with van der Waals surface area (Å²) in [7, 11) is 0. The van der Waals surface area contributed by atoms with E-state index in [9.17, 15) is 9.18 Å². The summed E-state index contributed by atoms with van der Waals surface area (Å²) in [5, 5.41) is 6.50. The van der Waals surface area contributed by atoms with Crippen LogP contribution in [0.3, 0.4) is 0 Å². The Balaban J connectivity index is 1.46. The number of amides is 1. The second-order valence-electron chi connectivity index (χ2n) is 6.72. The van der Waals surface area contributed by atoms with Crippen molar-refractivity contribution in [1.82, 2.24) is 10.6 Å². The lowest BCUT2D eigenvalue weighted by Crippen LogP contribution is -2.47. The molecule has 1 amide bonds. The molecule has 0 spiro atoms. The van der Waals surface area contributed by atoms with Crippen LogP contribution in [0.2, 0.25) is 0 Å². The van der Waals surface area contributed by atoms with Gasteiger partial charge in [0.15, 0.2) is 0 Å².